The number of hydrogen-bond donors (Lipinski definition) is 0. The minimum atomic E-state index is -0.369. The van der Waals surface area contributed by atoms with Crippen molar-refractivity contribution in [3.8, 4) is 28.6 Å². The van der Waals surface area contributed by atoms with E-state index in [1.54, 1.807) is 11.9 Å². The molecule has 1 unspecified atom stereocenters. The average molecular weight is 459 g/mol. The molecule has 1 atom stereocenters. The van der Waals surface area contributed by atoms with Gasteiger partial charge >= 0.3 is 0 Å². The molecule has 7 nitrogen and oxygen atoms in total. The Bertz CT molecular complexity index is 1280. The van der Waals surface area contributed by atoms with Crippen molar-refractivity contribution in [2.45, 2.75) is 17.3 Å². The summed E-state index contributed by atoms with van der Waals surface area (Å²) in [6.45, 7) is 2.09. The number of carbonyl (C=O) groups is 1. The molecule has 0 fully saturated rings. The number of aromatic nitrogens is 3. The zero-order valence-corrected chi connectivity index (χ0v) is 19.0. The Morgan fingerprint density at radius 1 is 0.970 bits per heavy atom. The molecule has 3 aromatic carbocycles. The van der Waals surface area contributed by atoms with Crippen LogP contribution in [-0.2, 0) is 4.79 Å². The third-order valence-electron chi connectivity index (χ3n) is 5.38. The highest BCUT2D eigenvalue weighted by atomic mass is 32.2. The maximum atomic E-state index is 13.1. The lowest BCUT2D eigenvalue weighted by molar-refractivity contribution is -0.117. The normalized spacial score (nSPS) is 13.0. The number of amides is 1. The highest BCUT2D eigenvalue weighted by Gasteiger charge is 2.25. The quantitative estimate of drug-likeness (QED) is 0.387. The Balaban J connectivity index is 1.48. The number of anilines is 1. The second kappa shape index (κ2) is 8.99. The fraction of sp³-hybridized carbons (Fsp3) is 0.160. The fourth-order valence-electron chi connectivity index (χ4n) is 3.64. The predicted molar refractivity (Wildman–Crippen MR) is 128 cm³/mol. The first-order valence-corrected chi connectivity index (χ1v) is 11.4. The van der Waals surface area contributed by atoms with Crippen molar-refractivity contribution in [1.82, 2.24) is 14.8 Å². The van der Waals surface area contributed by atoms with E-state index in [-0.39, 0.29) is 18.0 Å². The van der Waals surface area contributed by atoms with Crippen molar-refractivity contribution in [1.29, 1.82) is 0 Å². The summed E-state index contributed by atoms with van der Waals surface area (Å²) in [5.41, 5.74) is 2.61. The van der Waals surface area contributed by atoms with Gasteiger partial charge in [-0.1, -0.05) is 48.2 Å². The van der Waals surface area contributed by atoms with Crippen LogP contribution in [0.3, 0.4) is 0 Å². The van der Waals surface area contributed by atoms with E-state index in [0.29, 0.717) is 22.5 Å². The number of benzene rings is 3. The number of fused-ring (bicyclic) bond motifs is 1. The van der Waals surface area contributed by atoms with Gasteiger partial charge in [-0.25, -0.2) is 0 Å². The summed E-state index contributed by atoms with van der Waals surface area (Å²) >= 11 is 1.38. The van der Waals surface area contributed by atoms with Crippen molar-refractivity contribution in [2.75, 3.05) is 18.7 Å². The van der Waals surface area contributed by atoms with Crippen LogP contribution in [0.4, 0.5) is 5.69 Å². The van der Waals surface area contributed by atoms with Crippen molar-refractivity contribution in [3.05, 3.63) is 78.9 Å². The molecule has 0 radical (unpaired) electrons. The van der Waals surface area contributed by atoms with E-state index >= 15 is 0 Å². The van der Waals surface area contributed by atoms with E-state index in [2.05, 4.69) is 10.2 Å². The van der Waals surface area contributed by atoms with Crippen LogP contribution in [-0.4, -0.2) is 39.8 Å². The zero-order valence-electron chi connectivity index (χ0n) is 18.2. The zero-order chi connectivity index (χ0) is 22.8. The van der Waals surface area contributed by atoms with E-state index in [4.69, 9.17) is 9.47 Å². The molecule has 2 heterocycles. The van der Waals surface area contributed by atoms with Crippen LogP contribution in [0, 0.1) is 0 Å². The molecule has 1 amide bonds. The molecule has 33 heavy (non-hydrogen) atoms. The lowest BCUT2D eigenvalue weighted by Crippen LogP contribution is -2.33. The summed E-state index contributed by atoms with van der Waals surface area (Å²) < 4.78 is 12.9. The molecule has 1 aromatic heterocycles. The second-order valence-electron chi connectivity index (χ2n) is 7.54. The van der Waals surface area contributed by atoms with Crippen LogP contribution in [0.5, 0.6) is 11.5 Å². The van der Waals surface area contributed by atoms with E-state index < -0.39 is 0 Å². The van der Waals surface area contributed by atoms with Crippen LogP contribution >= 0.6 is 11.8 Å². The number of rotatable bonds is 6. The van der Waals surface area contributed by atoms with Gasteiger partial charge in [0.15, 0.2) is 22.5 Å². The SMILES string of the molecule is CC(Sc1nnc(-c2ccc3c(c2)OCO3)n1-c1ccccc1)C(=O)N(C)c1ccccc1. The van der Waals surface area contributed by atoms with Gasteiger partial charge in [0.2, 0.25) is 12.7 Å². The first kappa shape index (κ1) is 21.1. The lowest BCUT2D eigenvalue weighted by Gasteiger charge is -2.21. The lowest BCUT2D eigenvalue weighted by atomic mass is 10.2. The minimum Gasteiger partial charge on any atom is -0.454 e. The molecule has 0 spiro atoms. The van der Waals surface area contributed by atoms with Crippen LogP contribution in [0.2, 0.25) is 0 Å². The minimum absolute atomic E-state index is 0.0153. The number of hydrogen-bond acceptors (Lipinski definition) is 6. The van der Waals surface area contributed by atoms with Crippen LogP contribution < -0.4 is 14.4 Å². The number of ether oxygens (including phenoxy) is 2. The Labute approximate surface area is 196 Å². The largest absolute Gasteiger partial charge is 0.454 e. The maximum Gasteiger partial charge on any atom is 0.240 e. The van der Waals surface area contributed by atoms with E-state index in [9.17, 15) is 4.79 Å². The highest BCUT2D eigenvalue weighted by Crippen LogP contribution is 2.37. The van der Waals surface area contributed by atoms with Gasteiger partial charge in [0.25, 0.3) is 0 Å². The molecule has 5 rings (SSSR count). The number of carbonyl (C=O) groups excluding carboxylic acids is 1. The molecule has 0 saturated heterocycles. The summed E-state index contributed by atoms with van der Waals surface area (Å²) in [6, 6.07) is 25.2. The van der Waals surface area contributed by atoms with Gasteiger partial charge < -0.3 is 14.4 Å². The smallest absolute Gasteiger partial charge is 0.240 e. The first-order chi connectivity index (χ1) is 16.1. The van der Waals surface area contributed by atoms with Gasteiger partial charge in [-0.05, 0) is 49.4 Å². The molecule has 4 aromatic rings. The Morgan fingerprint density at radius 2 is 1.67 bits per heavy atom. The monoisotopic (exact) mass is 458 g/mol. The first-order valence-electron chi connectivity index (χ1n) is 10.5. The molecule has 0 bridgehead atoms. The van der Waals surface area contributed by atoms with Gasteiger partial charge in [-0.3, -0.25) is 9.36 Å². The highest BCUT2D eigenvalue weighted by molar-refractivity contribution is 8.00. The molecule has 1 aliphatic rings. The van der Waals surface area contributed by atoms with E-state index in [0.717, 1.165) is 16.9 Å². The van der Waals surface area contributed by atoms with Gasteiger partial charge in [0, 0.05) is 24.0 Å². The second-order valence-corrected chi connectivity index (χ2v) is 8.85. The molecule has 1 aliphatic heterocycles. The molecule has 0 saturated carbocycles. The van der Waals surface area contributed by atoms with Gasteiger partial charge in [-0.15, -0.1) is 10.2 Å². The maximum absolute atomic E-state index is 13.1. The summed E-state index contributed by atoms with van der Waals surface area (Å²) in [4.78, 5) is 14.8. The average Bonchev–Trinajstić information content (AvgIpc) is 3.50. The van der Waals surface area contributed by atoms with Crippen molar-refractivity contribution < 1.29 is 14.3 Å². The van der Waals surface area contributed by atoms with Crippen LogP contribution in [0.15, 0.2) is 84.0 Å². The van der Waals surface area contributed by atoms with Gasteiger partial charge in [-0.2, -0.15) is 0 Å². The summed E-state index contributed by atoms with van der Waals surface area (Å²) in [5.74, 6) is 2.04. The third kappa shape index (κ3) is 4.17. The third-order valence-corrected chi connectivity index (χ3v) is 6.41. The Hall–Kier alpha value is -3.78. The Kier molecular flexibility index (Phi) is 5.75. The number of nitrogens with zero attached hydrogens (tertiary/aromatic N) is 4. The van der Waals surface area contributed by atoms with Gasteiger partial charge in [0.1, 0.15) is 0 Å². The predicted octanol–water partition coefficient (Wildman–Crippen LogP) is 4.81. The Morgan fingerprint density at radius 3 is 2.42 bits per heavy atom. The molecular weight excluding hydrogens is 436 g/mol. The molecule has 166 valence electrons. The van der Waals surface area contributed by atoms with E-state index in [1.807, 2.05) is 90.4 Å². The number of thioether (sulfide) groups is 1. The van der Waals surface area contributed by atoms with Crippen molar-refractivity contribution >= 4 is 23.4 Å². The topological polar surface area (TPSA) is 69.5 Å². The summed E-state index contributed by atoms with van der Waals surface area (Å²) in [5, 5.41) is 9.19. The van der Waals surface area contributed by atoms with Crippen LogP contribution in [0.1, 0.15) is 6.92 Å². The molecule has 0 aliphatic carbocycles. The van der Waals surface area contributed by atoms with Crippen LogP contribution in [0.25, 0.3) is 17.1 Å². The van der Waals surface area contributed by atoms with E-state index in [1.165, 1.54) is 11.8 Å². The number of para-hydroxylation sites is 2. The summed E-state index contributed by atoms with van der Waals surface area (Å²) in [6.07, 6.45) is 0. The fourth-order valence-corrected chi connectivity index (χ4v) is 4.60. The summed E-state index contributed by atoms with van der Waals surface area (Å²) in [7, 11) is 1.79. The van der Waals surface area contributed by atoms with Gasteiger partial charge in [0.05, 0.1) is 5.25 Å². The molecule has 0 N–H and O–H groups in total. The standard InChI is InChI=1S/C25H22N4O3S/c1-17(24(30)28(2)19-9-5-3-6-10-19)33-25-27-26-23(29(25)20-11-7-4-8-12-20)18-13-14-21-22(15-18)32-16-31-21/h3-15,17H,16H2,1-2H3. The van der Waals surface area contributed by atoms with Crippen molar-refractivity contribution in [2.24, 2.45) is 0 Å². The molecular formula is C25H22N4O3S. The van der Waals surface area contributed by atoms with Crippen molar-refractivity contribution in [3.63, 3.8) is 0 Å². The molecule has 8 heteroatoms.